The van der Waals surface area contributed by atoms with Crippen LogP contribution in [0, 0.1) is 17.3 Å². The molecule has 1 fully saturated rings. The van der Waals surface area contributed by atoms with Crippen LogP contribution in [0.2, 0.25) is 0 Å². The smallest absolute Gasteiger partial charge is 0.229 e. The number of hydrogen-bond donors (Lipinski definition) is 2. The van der Waals surface area contributed by atoms with Crippen LogP contribution in [0.25, 0.3) is 0 Å². The van der Waals surface area contributed by atoms with Gasteiger partial charge < -0.3 is 10.6 Å². The Morgan fingerprint density at radius 3 is 2.62 bits per heavy atom. The van der Waals surface area contributed by atoms with Crippen LogP contribution in [0.3, 0.4) is 0 Å². The van der Waals surface area contributed by atoms with Crippen LogP contribution in [0.4, 0.5) is 5.69 Å². The van der Waals surface area contributed by atoms with Crippen molar-refractivity contribution in [1.82, 2.24) is 5.32 Å². The summed E-state index contributed by atoms with van der Waals surface area (Å²) in [6.45, 7) is 5.43. The lowest BCUT2D eigenvalue weighted by atomic mass is 9.92. The number of para-hydroxylation sites is 1. The van der Waals surface area contributed by atoms with Crippen LogP contribution in [0.5, 0.6) is 0 Å². The number of rotatable bonds is 2. The number of nitrogens with one attached hydrogen (secondary N) is 2. The van der Waals surface area contributed by atoms with Crippen molar-refractivity contribution >= 4 is 23.3 Å². The van der Waals surface area contributed by atoms with E-state index in [1.165, 1.54) is 0 Å². The zero-order chi connectivity index (χ0) is 15.4. The number of hydrogen-bond acceptors (Lipinski definition) is 3. The average Bonchev–Trinajstić information content (AvgIpc) is 3.06. The molecule has 3 rings (SSSR count). The minimum Gasteiger partial charge on any atom is -0.354 e. The molecule has 0 radical (unpaired) electrons. The highest BCUT2D eigenvalue weighted by atomic mass is 16.2. The topological polar surface area (TPSA) is 75.3 Å². The summed E-state index contributed by atoms with van der Waals surface area (Å²) in [6.07, 6.45) is 0. The Labute approximate surface area is 123 Å². The number of carbonyl (C=O) groups is 3. The molecule has 5 heteroatoms. The molecule has 2 aliphatic rings. The maximum Gasteiger partial charge on any atom is 0.229 e. The van der Waals surface area contributed by atoms with Gasteiger partial charge in [-0.25, -0.2) is 0 Å². The van der Waals surface area contributed by atoms with E-state index in [2.05, 4.69) is 10.6 Å². The van der Waals surface area contributed by atoms with Gasteiger partial charge in [-0.2, -0.15) is 0 Å². The highest BCUT2D eigenvalue weighted by molar-refractivity contribution is 6.19. The van der Waals surface area contributed by atoms with E-state index in [4.69, 9.17) is 0 Å². The van der Waals surface area contributed by atoms with E-state index in [-0.39, 0.29) is 23.6 Å². The largest absolute Gasteiger partial charge is 0.354 e. The Balaban J connectivity index is 1.99. The van der Waals surface area contributed by atoms with E-state index in [0.717, 1.165) is 0 Å². The van der Waals surface area contributed by atoms with E-state index in [9.17, 15) is 14.4 Å². The van der Waals surface area contributed by atoms with E-state index in [1.54, 1.807) is 31.2 Å². The first-order valence-electron chi connectivity index (χ1n) is 7.12. The highest BCUT2D eigenvalue weighted by Gasteiger charge is 2.73. The van der Waals surface area contributed by atoms with Gasteiger partial charge in [-0.05, 0) is 26.0 Å². The molecule has 1 aliphatic carbocycles. The molecule has 3 unspecified atom stereocenters. The maximum absolute atomic E-state index is 12.8. The van der Waals surface area contributed by atoms with Gasteiger partial charge in [0.1, 0.15) is 0 Å². The van der Waals surface area contributed by atoms with Crippen molar-refractivity contribution in [2.75, 3.05) is 5.32 Å². The Kier molecular flexibility index (Phi) is 2.90. The van der Waals surface area contributed by atoms with E-state index in [1.807, 2.05) is 13.8 Å². The molecule has 1 aromatic rings. The van der Waals surface area contributed by atoms with Gasteiger partial charge in [-0.15, -0.1) is 0 Å². The predicted molar refractivity (Wildman–Crippen MR) is 77.8 cm³/mol. The maximum atomic E-state index is 12.8. The molecule has 21 heavy (non-hydrogen) atoms. The van der Waals surface area contributed by atoms with Gasteiger partial charge in [0.15, 0.2) is 5.78 Å². The van der Waals surface area contributed by atoms with Crippen molar-refractivity contribution in [2.24, 2.45) is 17.3 Å². The van der Waals surface area contributed by atoms with Crippen molar-refractivity contribution in [1.29, 1.82) is 0 Å². The third-order valence-corrected chi connectivity index (χ3v) is 4.43. The quantitative estimate of drug-likeness (QED) is 0.867. The lowest BCUT2D eigenvalue weighted by Gasteiger charge is -2.13. The Hall–Kier alpha value is -2.17. The summed E-state index contributed by atoms with van der Waals surface area (Å²) >= 11 is 0. The van der Waals surface area contributed by atoms with E-state index < -0.39 is 17.3 Å². The first-order valence-corrected chi connectivity index (χ1v) is 7.12. The van der Waals surface area contributed by atoms with Crippen LogP contribution in [-0.2, 0) is 9.59 Å². The number of fused-ring (bicyclic) bond motifs is 2. The van der Waals surface area contributed by atoms with Crippen LogP contribution < -0.4 is 10.6 Å². The molecule has 0 saturated heterocycles. The summed E-state index contributed by atoms with van der Waals surface area (Å²) in [6, 6.07) is 6.92. The average molecular weight is 286 g/mol. The molecule has 3 atom stereocenters. The molecule has 1 aromatic carbocycles. The number of carbonyl (C=O) groups excluding carboxylic acids is 3. The molecule has 1 saturated carbocycles. The lowest BCUT2D eigenvalue weighted by Crippen LogP contribution is -2.34. The summed E-state index contributed by atoms with van der Waals surface area (Å²) in [5, 5.41) is 5.57. The van der Waals surface area contributed by atoms with Gasteiger partial charge in [0, 0.05) is 11.6 Å². The van der Waals surface area contributed by atoms with Crippen molar-refractivity contribution in [3.8, 4) is 0 Å². The fraction of sp³-hybridized carbons (Fsp3) is 0.438. The van der Waals surface area contributed by atoms with E-state index in [0.29, 0.717) is 11.3 Å². The zero-order valence-electron chi connectivity index (χ0n) is 12.3. The number of ketones is 1. The molecule has 0 bridgehead atoms. The summed E-state index contributed by atoms with van der Waals surface area (Å²) in [5.41, 5.74) is 0.0787. The van der Waals surface area contributed by atoms with Gasteiger partial charge >= 0.3 is 0 Å². The highest BCUT2D eigenvalue weighted by Crippen LogP contribution is 2.62. The standard InChI is InChI=1S/C16H18N2O3/c1-8(2)17-14(20)11-12-15(21)18-10-7-5-4-6-9(10)13(19)16(11,12)3/h4-8,11-12H,1-3H3,(H,17,20)(H,18,21). The van der Waals surface area contributed by atoms with Crippen LogP contribution >= 0.6 is 0 Å². The molecule has 1 heterocycles. The van der Waals surface area contributed by atoms with E-state index >= 15 is 0 Å². The molecular weight excluding hydrogens is 268 g/mol. The summed E-state index contributed by atoms with van der Waals surface area (Å²) < 4.78 is 0. The van der Waals surface area contributed by atoms with Gasteiger partial charge in [0.2, 0.25) is 11.8 Å². The van der Waals surface area contributed by atoms with Crippen molar-refractivity contribution in [3.63, 3.8) is 0 Å². The van der Waals surface area contributed by atoms with Crippen molar-refractivity contribution in [3.05, 3.63) is 29.8 Å². The second kappa shape index (κ2) is 4.41. The Morgan fingerprint density at radius 1 is 1.29 bits per heavy atom. The number of benzene rings is 1. The minimum absolute atomic E-state index is 0.0172. The van der Waals surface area contributed by atoms with Gasteiger partial charge in [0.25, 0.3) is 0 Å². The Bertz CT molecular complexity index is 653. The molecule has 0 spiro atoms. The second-order valence-corrected chi connectivity index (χ2v) is 6.27. The first-order chi connectivity index (χ1) is 9.87. The van der Waals surface area contributed by atoms with Crippen LogP contribution in [-0.4, -0.2) is 23.6 Å². The van der Waals surface area contributed by atoms with Gasteiger partial charge in [0.05, 0.1) is 22.9 Å². The minimum atomic E-state index is -0.935. The number of anilines is 1. The normalized spacial score (nSPS) is 30.1. The Morgan fingerprint density at radius 2 is 1.95 bits per heavy atom. The van der Waals surface area contributed by atoms with Crippen molar-refractivity contribution in [2.45, 2.75) is 26.8 Å². The molecule has 2 N–H and O–H groups in total. The summed E-state index contributed by atoms with van der Waals surface area (Å²) in [4.78, 5) is 37.4. The van der Waals surface area contributed by atoms with Gasteiger partial charge in [-0.3, -0.25) is 14.4 Å². The number of amides is 2. The second-order valence-electron chi connectivity index (χ2n) is 6.27. The lowest BCUT2D eigenvalue weighted by molar-refractivity contribution is -0.125. The fourth-order valence-electron chi connectivity index (χ4n) is 3.31. The molecular formula is C16H18N2O3. The third kappa shape index (κ3) is 1.87. The SMILES string of the molecule is CC(C)NC(=O)C1C2C(=O)Nc3ccccc3C(=O)C21C. The molecule has 0 aromatic heterocycles. The number of Topliss-reactive ketones (excluding diaryl/α,β-unsaturated/α-hetero) is 1. The first kappa shape index (κ1) is 13.8. The molecule has 1 aliphatic heterocycles. The summed E-state index contributed by atoms with van der Waals surface area (Å²) in [5.74, 6) is -1.78. The summed E-state index contributed by atoms with van der Waals surface area (Å²) in [7, 11) is 0. The predicted octanol–water partition coefficient (Wildman–Crippen LogP) is 1.60. The van der Waals surface area contributed by atoms with Gasteiger partial charge in [-0.1, -0.05) is 19.1 Å². The monoisotopic (exact) mass is 286 g/mol. The van der Waals surface area contributed by atoms with Crippen molar-refractivity contribution < 1.29 is 14.4 Å². The van der Waals surface area contributed by atoms with Crippen LogP contribution in [0.15, 0.2) is 24.3 Å². The molecule has 2 amide bonds. The fourth-order valence-corrected chi connectivity index (χ4v) is 3.31. The molecule has 110 valence electrons. The molecule has 5 nitrogen and oxygen atoms in total. The van der Waals surface area contributed by atoms with Crippen LogP contribution in [0.1, 0.15) is 31.1 Å². The third-order valence-electron chi connectivity index (χ3n) is 4.43. The zero-order valence-corrected chi connectivity index (χ0v) is 12.3.